The average Bonchev–Trinajstić information content (AvgIpc) is 3.51. The molecular weight excluding hydrogens is 550 g/mol. The molecule has 2 fully saturated rings. The number of para-hydroxylation sites is 1. The zero-order valence-electron chi connectivity index (χ0n) is 26.9. The Balaban J connectivity index is 1.40. The van der Waals surface area contributed by atoms with Crippen LogP contribution in [0.25, 0.3) is 10.9 Å². The molecule has 0 saturated carbocycles. The van der Waals surface area contributed by atoms with Crippen LogP contribution in [0.1, 0.15) is 85.6 Å². The van der Waals surface area contributed by atoms with E-state index < -0.39 is 23.4 Å². The molecule has 0 radical (unpaired) electrons. The van der Waals surface area contributed by atoms with Gasteiger partial charge < -0.3 is 28.7 Å². The molecule has 4 rings (SSSR count). The smallest absolute Gasteiger partial charge is 0.419 e. The van der Waals surface area contributed by atoms with E-state index in [9.17, 15) is 14.4 Å². The maximum Gasteiger partial charge on any atom is 0.419 e. The molecule has 10 heteroatoms. The molecule has 0 aliphatic carbocycles. The molecule has 2 atom stereocenters. The number of nitrogens with zero attached hydrogens (tertiary/aromatic N) is 3. The maximum atomic E-state index is 13.5. The largest absolute Gasteiger partial charge is 0.444 e. The van der Waals surface area contributed by atoms with E-state index in [1.54, 1.807) is 9.47 Å². The van der Waals surface area contributed by atoms with E-state index in [1.165, 1.54) is 0 Å². The number of amides is 2. The highest BCUT2D eigenvalue weighted by Crippen LogP contribution is 2.35. The second-order valence-electron chi connectivity index (χ2n) is 13.5. The van der Waals surface area contributed by atoms with Crippen molar-refractivity contribution in [3.8, 4) is 0 Å². The third kappa shape index (κ3) is 8.72. The van der Waals surface area contributed by atoms with Gasteiger partial charge in [0.15, 0.2) is 0 Å². The molecule has 1 aromatic heterocycles. The minimum atomic E-state index is -0.631. The normalized spacial score (nSPS) is 20.1. The summed E-state index contributed by atoms with van der Waals surface area (Å²) < 4.78 is 24.3. The number of hydrogen-bond acceptors (Lipinski definition) is 7. The lowest BCUT2D eigenvalue weighted by Crippen LogP contribution is -2.44. The van der Waals surface area contributed by atoms with Crippen molar-refractivity contribution in [2.75, 3.05) is 39.5 Å². The van der Waals surface area contributed by atoms with E-state index in [-0.39, 0.29) is 30.4 Å². The summed E-state index contributed by atoms with van der Waals surface area (Å²) in [5.41, 5.74) is 0.704. The second kappa shape index (κ2) is 13.7. The van der Waals surface area contributed by atoms with Crippen LogP contribution in [0.15, 0.2) is 30.5 Å². The molecule has 2 aliphatic rings. The highest BCUT2D eigenvalue weighted by atomic mass is 16.6. The highest BCUT2D eigenvalue weighted by molar-refractivity contribution is 5.92. The van der Waals surface area contributed by atoms with Crippen LogP contribution in [0.5, 0.6) is 0 Å². The van der Waals surface area contributed by atoms with Gasteiger partial charge >= 0.3 is 12.2 Å². The predicted octanol–water partition coefficient (Wildman–Crippen LogP) is 5.95. The molecule has 0 spiro atoms. The van der Waals surface area contributed by atoms with Crippen molar-refractivity contribution < 1.29 is 33.3 Å². The summed E-state index contributed by atoms with van der Waals surface area (Å²) in [7, 11) is 0. The van der Waals surface area contributed by atoms with Crippen LogP contribution in [0.4, 0.5) is 9.59 Å². The second-order valence-corrected chi connectivity index (χ2v) is 13.5. The van der Waals surface area contributed by atoms with Crippen molar-refractivity contribution in [3.05, 3.63) is 36.0 Å². The van der Waals surface area contributed by atoms with Gasteiger partial charge in [-0.25, -0.2) is 9.59 Å². The van der Waals surface area contributed by atoms with E-state index in [0.717, 1.165) is 29.3 Å². The molecule has 1 aromatic carbocycles. The molecule has 2 aliphatic heterocycles. The monoisotopic (exact) mass is 599 g/mol. The fourth-order valence-corrected chi connectivity index (χ4v) is 5.91. The van der Waals surface area contributed by atoms with E-state index in [4.69, 9.17) is 18.9 Å². The quantitative estimate of drug-likeness (QED) is 0.346. The van der Waals surface area contributed by atoms with Crippen molar-refractivity contribution in [2.45, 2.75) is 103 Å². The zero-order valence-corrected chi connectivity index (χ0v) is 26.9. The van der Waals surface area contributed by atoms with Crippen LogP contribution in [-0.2, 0) is 23.7 Å². The van der Waals surface area contributed by atoms with Crippen LogP contribution >= 0.6 is 0 Å². The molecular formula is C33H49N3O7. The minimum Gasteiger partial charge on any atom is -0.444 e. The molecule has 0 bridgehead atoms. The van der Waals surface area contributed by atoms with Gasteiger partial charge in [-0.15, -0.1) is 0 Å². The molecule has 2 saturated heterocycles. The van der Waals surface area contributed by atoms with Crippen molar-refractivity contribution in [1.29, 1.82) is 0 Å². The first-order chi connectivity index (χ1) is 20.3. The van der Waals surface area contributed by atoms with Gasteiger partial charge in [0.1, 0.15) is 11.2 Å². The van der Waals surface area contributed by atoms with Gasteiger partial charge in [-0.1, -0.05) is 18.2 Å². The summed E-state index contributed by atoms with van der Waals surface area (Å²) in [5, 5.41) is 1.03. The van der Waals surface area contributed by atoms with Crippen molar-refractivity contribution in [3.63, 3.8) is 0 Å². The Labute approximate surface area is 255 Å². The molecule has 0 unspecified atom stereocenters. The number of likely N-dealkylation sites (tertiary alicyclic amines) is 2. The number of benzene rings is 1. The van der Waals surface area contributed by atoms with E-state index in [2.05, 4.69) is 0 Å². The lowest BCUT2D eigenvalue weighted by Gasteiger charge is -2.34. The standard InChI is InChI=1S/C33H49N3O7/c1-8-40-17-18-41-25-19-24(35(21-25)30(38)42-32(2,3)4)20-29(37)34-15-13-23(14-16-34)27-22-36(31(39)43-33(5,6)7)28-12-10-9-11-26(27)28/h9-12,22-25H,8,13-21H2,1-7H3/t24-,25+/m0/s1. The van der Waals surface area contributed by atoms with Gasteiger partial charge in [-0.2, -0.15) is 0 Å². The van der Waals surface area contributed by atoms with Gasteiger partial charge in [0.25, 0.3) is 0 Å². The topological polar surface area (TPSA) is 99.5 Å². The Morgan fingerprint density at radius 3 is 2.21 bits per heavy atom. The zero-order chi connectivity index (χ0) is 31.4. The van der Waals surface area contributed by atoms with E-state index >= 15 is 0 Å². The summed E-state index contributed by atoms with van der Waals surface area (Å²) in [4.78, 5) is 43.1. The van der Waals surface area contributed by atoms with Crippen LogP contribution in [-0.4, -0.2) is 95.3 Å². The van der Waals surface area contributed by atoms with Crippen LogP contribution in [0.2, 0.25) is 0 Å². The van der Waals surface area contributed by atoms with Gasteiger partial charge in [0.2, 0.25) is 5.91 Å². The van der Waals surface area contributed by atoms with Gasteiger partial charge in [-0.05, 0) is 85.3 Å². The van der Waals surface area contributed by atoms with Gasteiger partial charge in [-0.3, -0.25) is 9.36 Å². The van der Waals surface area contributed by atoms with Crippen molar-refractivity contribution in [2.24, 2.45) is 0 Å². The predicted molar refractivity (Wildman–Crippen MR) is 164 cm³/mol. The molecule has 43 heavy (non-hydrogen) atoms. The number of carbonyl (C=O) groups is 3. The number of carbonyl (C=O) groups excluding carboxylic acids is 3. The molecule has 10 nitrogen and oxygen atoms in total. The Morgan fingerprint density at radius 2 is 1.56 bits per heavy atom. The van der Waals surface area contributed by atoms with Crippen molar-refractivity contribution >= 4 is 29.0 Å². The average molecular weight is 600 g/mol. The Kier molecular flexibility index (Phi) is 10.4. The summed E-state index contributed by atoms with van der Waals surface area (Å²) in [6.07, 6.45) is 3.32. The van der Waals surface area contributed by atoms with E-state index in [1.807, 2.05) is 83.8 Å². The summed E-state index contributed by atoms with van der Waals surface area (Å²) >= 11 is 0. The van der Waals surface area contributed by atoms with Crippen LogP contribution in [0.3, 0.4) is 0 Å². The first-order valence-corrected chi connectivity index (χ1v) is 15.6. The number of hydrogen-bond donors (Lipinski definition) is 0. The fraction of sp³-hybridized carbons (Fsp3) is 0.667. The third-order valence-electron chi connectivity index (χ3n) is 7.82. The lowest BCUT2D eigenvalue weighted by atomic mass is 9.89. The SMILES string of the molecule is CCOCCO[C@@H]1C[C@@H](CC(=O)N2CCC(c3cn(C(=O)OC(C)(C)C)c4ccccc34)CC2)N(C(=O)OC(C)(C)C)C1. The maximum absolute atomic E-state index is 13.5. The molecule has 3 heterocycles. The molecule has 238 valence electrons. The summed E-state index contributed by atoms with van der Waals surface area (Å²) in [6, 6.07) is 7.60. The van der Waals surface area contributed by atoms with Crippen LogP contribution < -0.4 is 0 Å². The Hall–Kier alpha value is -3.11. The Bertz CT molecular complexity index is 1270. The van der Waals surface area contributed by atoms with Gasteiger partial charge in [0.05, 0.1) is 31.4 Å². The van der Waals surface area contributed by atoms with Gasteiger partial charge in [0, 0.05) is 43.7 Å². The molecule has 0 N–H and O–H groups in total. The number of piperidine rings is 1. The number of rotatable bonds is 8. The first kappa shape index (κ1) is 32.8. The first-order valence-electron chi connectivity index (χ1n) is 15.6. The molecule has 2 amide bonds. The lowest BCUT2D eigenvalue weighted by molar-refractivity contribution is -0.133. The van der Waals surface area contributed by atoms with E-state index in [0.29, 0.717) is 45.9 Å². The third-order valence-corrected chi connectivity index (χ3v) is 7.82. The van der Waals surface area contributed by atoms with Crippen molar-refractivity contribution in [1.82, 2.24) is 14.4 Å². The number of ether oxygens (including phenoxy) is 4. The highest BCUT2D eigenvalue weighted by Gasteiger charge is 2.40. The Morgan fingerprint density at radius 1 is 0.907 bits per heavy atom. The fourth-order valence-electron chi connectivity index (χ4n) is 5.91. The minimum absolute atomic E-state index is 0.0307. The summed E-state index contributed by atoms with van der Waals surface area (Å²) in [6.45, 7) is 16.2. The molecule has 2 aromatic rings. The number of fused-ring (bicyclic) bond motifs is 1. The van der Waals surface area contributed by atoms with Crippen LogP contribution in [0, 0.1) is 0 Å². The summed E-state index contributed by atoms with van der Waals surface area (Å²) in [5.74, 6) is 0.244. The number of aromatic nitrogens is 1.